The summed E-state index contributed by atoms with van der Waals surface area (Å²) < 4.78 is 0. The highest BCUT2D eigenvalue weighted by molar-refractivity contribution is 6.34. The third-order valence-corrected chi connectivity index (χ3v) is 3.75. The Hall–Kier alpha value is -0.800. The maximum absolute atomic E-state index is 12.1. The van der Waals surface area contributed by atoms with E-state index in [-0.39, 0.29) is 16.8 Å². The Bertz CT molecular complexity index is 439. The molecule has 1 heterocycles. The Morgan fingerprint density at radius 3 is 2.32 bits per heavy atom. The highest BCUT2D eigenvalue weighted by Crippen LogP contribution is 2.20. The molecule has 0 unspecified atom stereocenters. The number of hydrogen-bond acceptors (Lipinski definition) is 2. The van der Waals surface area contributed by atoms with E-state index in [0.717, 1.165) is 0 Å². The molecule has 19 heavy (non-hydrogen) atoms. The fraction of sp³-hybridized carbons (Fsp3) is 0.571. The third-order valence-electron chi connectivity index (χ3n) is 3.24. The molecule has 106 valence electrons. The summed E-state index contributed by atoms with van der Waals surface area (Å²) in [7, 11) is 0. The van der Waals surface area contributed by atoms with Crippen molar-refractivity contribution in [3.63, 3.8) is 0 Å². The van der Waals surface area contributed by atoms with Crippen molar-refractivity contribution in [3.8, 4) is 0 Å². The van der Waals surface area contributed by atoms with Crippen molar-refractivity contribution in [2.75, 3.05) is 6.54 Å². The molecular formula is C14H20Cl2N2O. The van der Waals surface area contributed by atoms with Crippen LogP contribution in [-0.4, -0.2) is 17.4 Å². The lowest BCUT2D eigenvalue weighted by molar-refractivity contribution is 0.0932. The second-order valence-corrected chi connectivity index (χ2v) is 6.12. The van der Waals surface area contributed by atoms with Gasteiger partial charge in [0.05, 0.1) is 5.02 Å². The summed E-state index contributed by atoms with van der Waals surface area (Å²) in [6.45, 7) is 9.23. The molecule has 0 saturated heterocycles. The van der Waals surface area contributed by atoms with Crippen LogP contribution < -0.4 is 5.32 Å². The molecule has 0 aliphatic carbocycles. The average Bonchev–Trinajstić information content (AvgIpc) is 2.31. The van der Waals surface area contributed by atoms with Gasteiger partial charge in [-0.05, 0) is 29.9 Å². The van der Waals surface area contributed by atoms with Crippen molar-refractivity contribution in [1.82, 2.24) is 10.3 Å². The molecular weight excluding hydrogens is 283 g/mol. The normalized spacial score (nSPS) is 11.4. The second-order valence-electron chi connectivity index (χ2n) is 5.33. The number of halogens is 2. The van der Waals surface area contributed by atoms with Gasteiger partial charge in [0, 0.05) is 6.54 Å². The Morgan fingerprint density at radius 2 is 1.79 bits per heavy atom. The van der Waals surface area contributed by atoms with E-state index in [4.69, 9.17) is 23.2 Å². The molecule has 1 amide bonds. The number of nitrogens with one attached hydrogen (secondary N) is 1. The molecule has 1 rings (SSSR count). The largest absolute Gasteiger partial charge is 0.350 e. The number of aromatic nitrogens is 1. The minimum absolute atomic E-state index is 0.181. The standard InChI is InChI=1S/C14H20Cl2N2O/c1-8(2)10(9(3)4)7-17-14(19)13-11(15)5-6-12(16)18-13/h5-6,8-10H,7H2,1-4H3,(H,17,19). The summed E-state index contributed by atoms with van der Waals surface area (Å²) in [6, 6.07) is 3.14. The van der Waals surface area contributed by atoms with E-state index in [1.807, 2.05) is 0 Å². The van der Waals surface area contributed by atoms with Gasteiger partial charge in [0.2, 0.25) is 0 Å². The molecule has 0 aliphatic rings. The number of hydrogen-bond donors (Lipinski definition) is 1. The number of rotatable bonds is 5. The van der Waals surface area contributed by atoms with Gasteiger partial charge in [-0.15, -0.1) is 0 Å². The number of pyridine rings is 1. The lowest BCUT2D eigenvalue weighted by Crippen LogP contribution is -2.34. The van der Waals surface area contributed by atoms with Gasteiger partial charge in [0.15, 0.2) is 0 Å². The first-order chi connectivity index (χ1) is 8.82. The predicted octanol–water partition coefficient (Wildman–Crippen LogP) is 4.05. The summed E-state index contributed by atoms with van der Waals surface area (Å²) in [5.74, 6) is 1.15. The molecule has 3 nitrogen and oxygen atoms in total. The summed E-state index contributed by atoms with van der Waals surface area (Å²) in [6.07, 6.45) is 0. The third kappa shape index (κ3) is 4.66. The molecule has 0 radical (unpaired) electrons. The van der Waals surface area contributed by atoms with Crippen LogP contribution in [0.1, 0.15) is 38.2 Å². The highest BCUT2D eigenvalue weighted by atomic mass is 35.5. The fourth-order valence-electron chi connectivity index (χ4n) is 2.11. The summed E-state index contributed by atoms with van der Waals surface area (Å²) in [5, 5.41) is 3.46. The lowest BCUT2D eigenvalue weighted by atomic mass is 9.85. The van der Waals surface area contributed by atoms with E-state index >= 15 is 0 Å². The smallest absolute Gasteiger partial charge is 0.271 e. The quantitative estimate of drug-likeness (QED) is 0.834. The van der Waals surface area contributed by atoms with Gasteiger partial charge < -0.3 is 5.32 Å². The zero-order chi connectivity index (χ0) is 14.6. The van der Waals surface area contributed by atoms with Crippen LogP contribution in [0, 0.1) is 17.8 Å². The Labute approximate surface area is 124 Å². The average molecular weight is 303 g/mol. The Balaban J connectivity index is 2.72. The highest BCUT2D eigenvalue weighted by Gasteiger charge is 2.20. The molecule has 1 aromatic rings. The molecule has 0 saturated carbocycles. The van der Waals surface area contributed by atoms with Crippen LogP contribution in [-0.2, 0) is 0 Å². The van der Waals surface area contributed by atoms with E-state index < -0.39 is 0 Å². The second kappa shape index (κ2) is 7.11. The molecule has 1 N–H and O–H groups in total. The number of carbonyl (C=O) groups is 1. The van der Waals surface area contributed by atoms with Crippen LogP contribution in [0.4, 0.5) is 0 Å². The molecule has 0 spiro atoms. The van der Waals surface area contributed by atoms with Gasteiger partial charge in [-0.25, -0.2) is 4.98 Å². The maximum atomic E-state index is 12.1. The SMILES string of the molecule is CC(C)C(CNC(=O)c1nc(Cl)ccc1Cl)C(C)C. The van der Waals surface area contributed by atoms with E-state index in [2.05, 4.69) is 38.0 Å². The van der Waals surface area contributed by atoms with Gasteiger partial charge >= 0.3 is 0 Å². The van der Waals surface area contributed by atoms with Gasteiger partial charge in [-0.2, -0.15) is 0 Å². The zero-order valence-electron chi connectivity index (χ0n) is 11.7. The van der Waals surface area contributed by atoms with Gasteiger partial charge in [0.1, 0.15) is 10.8 Å². The van der Waals surface area contributed by atoms with Crippen LogP contribution in [0.5, 0.6) is 0 Å². The number of carbonyl (C=O) groups excluding carboxylic acids is 1. The molecule has 0 aromatic carbocycles. The van der Waals surface area contributed by atoms with Crippen molar-refractivity contribution in [3.05, 3.63) is 28.0 Å². The predicted molar refractivity (Wildman–Crippen MR) is 79.8 cm³/mol. The molecule has 0 fully saturated rings. The van der Waals surface area contributed by atoms with Gasteiger partial charge in [-0.3, -0.25) is 4.79 Å². The maximum Gasteiger partial charge on any atom is 0.271 e. The van der Waals surface area contributed by atoms with E-state index in [9.17, 15) is 4.79 Å². The van der Waals surface area contributed by atoms with E-state index in [1.54, 1.807) is 12.1 Å². The molecule has 0 aliphatic heterocycles. The number of amides is 1. The van der Waals surface area contributed by atoms with Crippen molar-refractivity contribution in [2.24, 2.45) is 17.8 Å². The minimum Gasteiger partial charge on any atom is -0.350 e. The molecule has 1 aromatic heterocycles. The monoisotopic (exact) mass is 302 g/mol. The van der Waals surface area contributed by atoms with Crippen molar-refractivity contribution in [1.29, 1.82) is 0 Å². The van der Waals surface area contributed by atoms with Crippen LogP contribution >= 0.6 is 23.2 Å². The van der Waals surface area contributed by atoms with E-state index in [1.165, 1.54) is 0 Å². The van der Waals surface area contributed by atoms with Crippen LogP contribution in [0.15, 0.2) is 12.1 Å². The van der Waals surface area contributed by atoms with Crippen molar-refractivity contribution >= 4 is 29.1 Å². The first-order valence-electron chi connectivity index (χ1n) is 6.43. The van der Waals surface area contributed by atoms with Gasteiger partial charge in [0.25, 0.3) is 5.91 Å². The van der Waals surface area contributed by atoms with Crippen LogP contribution in [0.25, 0.3) is 0 Å². The van der Waals surface area contributed by atoms with Crippen molar-refractivity contribution in [2.45, 2.75) is 27.7 Å². The first-order valence-corrected chi connectivity index (χ1v) is 7.18. The van der Waals surface area contributed by atoms with Crippen molar-refractivity contribution < 1.29 is 4.79 Å². The summed E-state index contributed by atoms with van der Waals surface area (Å²) in [4.78, 5) is 16.0. The molecule has 0 atom stereocenters. The lowest BCUT2D eigenvalue weighted by Gasteiger charge is -2.25. The van der Waals surface area contributed by atoms with Crippen LogP contribution in [0.3, 0.4) is 0 Å². The summed E-state index contributed by atoms with van der Waals surface area (Å²) in [5.41, 5.74) is 0.181. The van der Waals surface area contributed by atoms with Crippen LogP contribution in [0.2, 0.25) is 10.2 Å². The fourth-order valence-corrected chi connectivity index (χ4v) is 2.45. The zero-order valence-corrected chi connectivity index (χ0v) is 13.2. The molecule has 5 heteroatoms. The molecule has 0 bridgehead atoms. The number of nitrogens with zero attached hydrogens (tertiary/aromatic N) is 1. The van der Waals surface area contributed by atoms with E-state index in [0.29, 0.717) is 29.3 Å². The Morgan fingerprint density at radius 1 is 1.21 bits per heavy atom. The first kappa shape index (κ1) is 16.3. The summed E-state index contributed by atoms with van der Waals surface area (Å²) >= 11 is 11.7. The van der Waals surface area contributed by atoms with Gasteiger partial charge in [-0.1, -0.05) is 50.9 Å². The Kier molecular flexibility index (Phi) is 6.08. The topological polar surface area (TPSA) is 42.0 Å². The minimum atomic E-state index is -0.279.